The number of ether oxygens (including phenoxy) is 2. The van der Waals surface area contributed by atoms with Crippen LogP contribution in [0.3, 0.4) is 0 Å². The van der Waals surface area contributed by atoms with Crippen LogP contribution in [0.5, 0.6) is 0 Å². The van der Waals surface area contributed by atoms with E-state index in [-0.39, 0.29) is 12.7 Å². The second kappa shape index (κ2) is 6.02. The lowest BCUT2D eigenvalue weighted by atomic mass is 10.4. The van der Waals surface area contributed by atoms with E-state index < -0.39 is 6.10 Å². The minimum atomic E-state index is -0.693. The Balaban J connectivity index is 3.44. The first-order valence-corrected chi connectivity index (χ1v) is 3.33. The van der Waals surface area contributed by atoms with E-state index in [0.717, 1.165) is 0 Å². The van der Waals surface area contributed by atoms with Gasteiger partial charge in [-0.2, -0.15) is 0 Å². The van der Waals surface area contributed by atoms with Gasteiger partial charge in [-0.05, 0) is 19.8 Å². The van der Waals surface area contributed by atoms with Crippen LogP contribution in [-0.4, -0.2) is 31.0 Å². The fraction of sp³-hybridized carbons (Fsp3) is 0.625. The Hall–Kier alpha value is -0.720. The van der Waals surface area contributed by atoms with Crippen molar-refractivity contribution in [2.45, 2.75) is 19.1 Å². The molecule has 2 unspecified atom stereocenters. The summed E-state index contributed by atoms with van der Waals surface area (Å²) in [6, 6.07) is 0. The van der Waals surface area contributed by atoms with Crippen LogP contribution in [-0.2, 0) is 9.47 Å². The van der Waals surface area contributed by atoms with Gasteiger partial charge in [0, 0.05) is 0 Å². The summed E-state index contributed by atoms with van der Waals surface area (Å²) in [5.74, 6) is 2.65. The van der Waals surface area contributed by atoms with Gasteiger partial charge in [0.2, 0.25) is 0 Å². The fourth-order valence-electron chi connectivity index (χ4n) is 0.439. The van der Waals surface area contributed by atoms with Crippen LogP contribution in [0, 0.1) is 19.0 Å². The average molecular weight is 157 g/mol. The summed E-state index contributed by atoms with van der Waals surface area (Å²) >= 11 is 0. The van der Waals surface area contributed by atoms with E-state index in [1.807, 2.05) is 0 Å². The molecule has 3 heteroatoms. The van der Waals surface area contributed by atoms with Gasteiger partial charge in [-0.25, -0.2) is 0 Å². The van der Waals surface area contributed by atoms with Crippen LogP contribution in [0.4, 0.5) is 0 Å². The molecule has 1 radical (unpaired) electrons. The molecular formula is C8H13O3. The molecule has 0 aromatic carbocycles. The van der Waals surface area contributed by atoms with Gasteiger partial charge in [0.25, 0.3) is 0 Å². The Labute approximate surface area is 67.3 Å². The highest BCUT2D eigenvalue weighted by Gasteiger charge is 1.99. The zero-order valence-electron chi connectivity index (χ0n) is 6.83. The van der Waals surface area contributed by atoms with Crippen molar-refractivity contribution >= 4 is 0 Å². The number of rotatable bonds is 3. The number of hydrogen-bond donors (Lipinski definition) is 1. The van der Waals surface area contributed by atoms with Crippen LogP contribution in [0.15, 0.2) is 0 Å². The Morgan fingerprint density at radius 2 is 2.27 bits per heavy atom. The van der Waals surface area contributed by atoms with E-state index in [2.05, 4.69) is 23.7 Å². The Bertz CT molecular complexity index is 143. The van der Waals surface area contributed by atoms with Gasteiger partial charge >= 0.3 is 0 Å². The maximum Gasteiger partial charge on any atom is 0.118 e. The van der Waals surface area contributed by atoms with E-state index in [1.54, 1.807) is 6.92 Å². The second-order valence-electron chi connectivity index (χ2n) is 2.08. The standard InChI is InChI=1S/C8H13O3/c1-7(9)6-11-8(2)4-5-10-3/h7-9H,1,6H2,2-3H3. The number of hydrogen-bond acceptors (Lipinski definition) is 3. The molecule has 0 saturated carbocycles. The van der Waals surface area contributed by atoms with Crippen molar-refractivity contribution in [3.8, 4) is 12.0 Å². The Morgan fingerprint density at radius 3 is 2.73 bits per heavy atom. The maximum atomic E-state index is 8.71. The first kappa shape index (κ1) is 10.3. The van der Waals surface area contributed by atoms with Crippen LogP contribution < -0.4 is 0 Å². The van der Waals surface area contributed by atoms with Crippen molar-refractivity contribution in [1.29, 1.82) is 0 Å². The van der Waals surface area contributed by atoms with Gasteiger partial charge in [-0.1, -0.05) is 0 Å². The van der Waals surface area contributed by atoms with Gasteiger partial charge < -0.3 is 14.6 Å². The summed E-state index contributed by atoms with van der Waals surface area (Å²) < 4.78 is 9.54. The highest BCUT2D eigenvalue weighted by molar-refractivity contribution is 4.97. The number of methoxy groups -OCH3 is 1. The van der Waals surface area contributed by atoms with Crippen molar-refractivity contribution < 1.29 is 14.6 Å². The molecule has 0 fully saturated rings. The monoisotopic (exact) mass is 157 g/mol. The molecule has 0 aliphatic carbocycles. The summed E-state index contributed by atoms with van der Waals surface area (Å²) in [5, 5.41) is 8.71. The molecule has 0 aromatic rings. The van der Waals surface area contributed by atoms with Gasteiger partial charge in [0.05, 0.1) is 19.8 Å². The summed E-state index contributed by atoms with van der Waals surface area (Å²) in [6.45, 7) is 5.31. The van der Waals surface area contributed by atoms with Crippen LogP contribution in [0.25, 0.3) is 0 Å². The molecule has 1 N–H and O–H groups in total. The molecule has 11 heavy (non-hydrogen) atoms. The zero-order valence-corrected chi connectivity index (χ0v) is 6.83. The van der Waals surface area contributed by atoms with Crippen LogP contribution >= 0.6 is 0 Å². The van der Waals surface area contributed by atoms with Gasteiger partial charge in [-0.15, -0.1) is 0 Å². The molecule has 0 spiro atoms. The Morgan fingerprint density at radius 1 is 1.64 bits per heavy atom. The maximum absolute atomic E-state index is 8.71. The predicted octanol–water partition coefficient (Wildman–Crippen LogP) is 0.194. The van der Waals surface area contributed by atoms with Crippen molar-refractivity contribution in [1.82, 2.24) is 0 Å². The normalized spacial score (nSPS) is 14.5. The lowest BCUT2D eigenvalue weighted by Gasteiger charge is -2.07. The average Bonchev–Trinajstić information content (AvgIpc) is 1.97. The Kier molecular flexibility index (Phi) is 5.63. The van der Waals surface area contributed by atoms with Crippen molar-refractivity contribution in [3.63, 3.8) is 0 Å². The highest BCUT2D eigenvalue weighted by atomic mass is 16.5. The molecular weight excluding hydrogens is 144 g/mol. The van der Waals surface area contributed by atoms with E-state index in [0.29, 0.717) is 0 Å². The largest absolute Gasteiger partial charge is 0.450 e. The first-order chi connectivity index (χ1) is 5.16. The van der Waals surface area contributed by atoms with Crippen LogP contribution in [0.1, 0.15) is 6.92 Å². The summed E-state index contributed by atoms with van der Waals surface area (Å²) in [6.07, 6.45) is 1.47. The first-order valence-electron chi connectivity index (χ1n) is 3.33. The van der Waals surface area contributed by atoms with Crippen molar-refractivity contribution in [2.24, 2.45) is 0 Å². The zero-order chi connectivity index (χ0) is 8.69. The third-order valence-electron chi connectivity index (χ3n) is 0.903. The second-order valence-corrected chi connectivity index (χ2v) is 2.08. The molecule has 0 aromatic heterocycles. The lowest BCUT2D eigenvalue weighted by molar-refractivity contribution is 0.0385. The summed E-state index contributed by atoms with van der Waals surface area (Å²) in [4.78, 5) is 0. The van der Waals surface area contributed by atoms with E-state index >= 15 is 0 Å². The SMILES string of the molecule is [CH2]C(O)COC(C)C#COC. The molecule has 0 aliphatic heterocycles. The molecule has 0 saturated heterocycles. The molecule has 63 valence electrons. The number of aliphatic hydroxyl groups is 1. The minimum absolute atomic E-state index is 0.194. The molecule has 2 atom stereocenters. The van der Waals surface area contributed by atoms with Gasteiger partial charge in [-0.3, -0.25) is 0 Å². The minimum Gasteiger partial charge on any atom is -0.450 e. The smallest absolute Gasteiger partial charge is 0.118 e. The fourth-order valence-corrected chi connectivity index (χ4v) is 0.439. The molecule has 0 amide bonds. The van der Waals surface area contributed by atoms with E-state index in [4.69, 9.17) is 9.84 Å². The topological polar surface area (TPSA) is 38.7 Å². The van der Waals surface area contributed by atoms with Gasteiger partial charge in [0.1, 0.15) is 12.2 Å². The molecule has 0 rings (SSSR count). The number of aliphatic hydroxyl groups excluding tert-OH is 1. The molecule has 0 heterocycles. The third-order valence-corrected chi connectivity index (χ3v) is 0.903. The van der Waals surface area contributed by atoms with Crippen molar-refractivity contribution in [2.75, 3.05) is 13.7 Å². The summed E-state index contributed by atoms with van der Waals surface area (Å²) in [7, 11) is 1.48. The highest BCUT2D eigenvalue weighted by Crippen LogP contribution is 1.90. The molecule has 3 nitrogen and oxygen atoms in total. The third kappa shape index (κ3) is 7.17. The van der Waals surface area contributed by atoms with Gasteiger partial charge in [0.15, 0.2) is 0 Å². The molecule has 0 bridgehead atoms. The van der Waals surface area contributed by atoms with Crippen LogP contribution in [0.2, 0.25) is 0 Å². The summed E-state index contributed by atoms with van der Waals surface area (Å²) in [5.41, 5.74) is 0. The lowest BCUT2D eigenvalue weighted by Crippen LogP contribution is -2.15. The molecule has 0 aliphatic rings. The predicted molar refractivity (Wildman–Crippen MR) is 41.6 cm³/mol. The van der Waals surface area contributed by atoms with E-state index in [1.165, 1.54) is 7.11 Å². The van der Waals surface area contributed by atoms with E-state index in [9.17, 15) is 0 Å². The quantitative estimate of drug-likeness (QED) is 0.594. The van der Waals surface area contributed by atoms with Crippen molar-refractivity contribution in [3.05, 3.63) is 6.92 Å².